The highest BCUT2D eigenvalue weighted by atomic mass is 79.9. The van der Waals surface area contributed by atoms with E-state index in [2.05, 4.69) is 51.7 Å². The van der Waals surface area contributed by atoms with Crippen LogP contribution in [0.4, 0.5) is 5.69 Å². The molecule has 0 unspecified atom stereocenters. The van der Waals surface area contributed by atoms with Gasteiger partial charge in [-0.05, 0) is 42.0 Å². The van der Waals surface area contributed by atoms with Crippen LogP contribution in [-0.4, -0.2) is 40.9 Å². The summed E-state index contributed by atoms with van der Waals surface area (Å²) in [6, 6.07) is 0. The van der Waals surface area contributed by atoms with Crippen molar-refractivity contribution in [3.63, 3.8) is 0 Å². The van der Waals surface area contributed by atoms with E-state index in [1.54, 1.807) is 12.3 Å². The van der Waals surface area contributed by atoms with Gasteiger partial charge < -0.3 is 10.2 Å². The van der Waals surface area contributed by atoms with Crippen molar-refractivity contribution in [2.75, 3.05) is 31.5 Å². The molecule has 0 saturated heterocycles. The molecule has 1 N–H and O–H groups in total. The van der Waals surface area contributed by atoms with Crippen LogP contribution in [-0.2, 0) is 6.54 Å². The second-order valence-electron chi connectivity index (χ2n) is 4.46. The van der Waals surface area contributed by atoms with Gasteiger partial charge in [0.25, 0.3) is 5.56 Å². The zero-order valence-corrected chi connectivity index (χ0v) is 13.8. The molecular weight excluding hydrogens is 320 g/mol. The van der Waals surface area contributed by atoms with E-state index < -0.39 is 0 Å². The maximum Gasteiger partial charge on any atom is 0.283 e. The lowest BCUT2D eigenvalue weighted by molar-refractivity contribution is 0.303. The number of allylic oxidation sites excluding steroid dienone is 1. The molecule has 1 aromatic heterocycles. The lowest BCUT2D eigenvalue weighted by atomic mass is 10.3. The van der Waals surface area contributed by atoms with Crippen LogP contribution in [0, 0.1) is 0 Å². The van der Waals surface area contributed by atoms with Crippen LogP contribution in [0.5, 0.6) is 0 Å². The first kappa shape index (κ1) is 16.9. The molecule has 0 atom stereocenters. The van der Waals surface area contributed by atoms with Gasteiger partial charge in [-0.15, -0.1) is 6.58 Å². The number of aromatic nitrogens is 2. The molecule has 0 bridgehead atoms. The van der Waals surface area contributed by atoms with Crippen molar-refractivity contribution in [3.05, 3.63) is 33.7 Å². The Morgan fingerprint density at radius 2 is 2.20 bits per heavy atom. The van der Waals surface area contributed by atoms with Crippen LogP contribution < -0.4 is 10.9 Å². The summed E-state index contributed by atoms with van der Waals surface area (Å²) in [4.78, 5) is 14.3. The highest BCUT2D eigenvalue weighted by molar-refractivity contribution is 9.10. The van der Waals surface area contributed by atoms with E-state index in [4.69, 9.17) is 0 Å². The molecule has 0 aliphatic rings. The van der Waals surface area contributed by atoms with E-state index >= 15 is 0 Å². The highest BCUT2D eigenvalue weighted by Crippen LogP contribution is 2.15. The van der Waals surface area contributed by atoms with Gasteiger partial charge in [-0.25, -0.2) is 4.68 Å². The highest BCUT2D eigenvalue weighted by Gasteiger charge is 2.07. The molecule has 1 aromatic rings. The van der Waals surface area contributed by atoms with Crippen LogP contribution in [0.2, 0.25) is 0 Å². The number of nitrogens with one attached hydrogen (secondary N) is 1. The largest absolute Gasteiger partial charge is 0.383 e. The third-order valence-electron chi connectivity index (χ3n) is 3.15. The SMILES string of the molecule is C=CCn1ncc(NCCCN(CC)CC)c(Br)c1=O. The number of halogens is 1. The Morgan fingerprint density at radius 3 is 2.80 bits per heavy atom. The minimum absolute atomic E-state index is 0.140. The van der Waals surface area contributed by atoms with Gasteiger partial charge >= 0.3 is 0 Å². The van der Waals surface area contributed by atoms with Crippen LogP contribution in [0.1, 0.15) is 20.3 Å². The average molecular weight is 343 g/mol. The summed E-state index contributed by atoms with van der Waals surface area (Å²) in [5.74, 6) is 0. The minimum atomic E-state index is -0.140. The number of nitrogens with zero attached hydrogens (tertiary/aromatic N) is 3. The Morgan fingerprint density at radius 1 is 1.50 bits per heavy atom. The summed E-state index contributed by atoms with van der Waals surface area (Å²) in [6.07, 6.45) is 4.36. The first-order chi connectivity index (χ1) is 9.63. The summed E-state index contributed by atoms with van der Waals surface area (Å²) < 4.78 is 1.90. The third-order valence-corrected chi connectivity index (χ3v) is 3.91. The number of hydrogen-bond donors (Lipinski definition) is 1. The van der Waals surface area contributed by atoms with Crippen molar-refractivity contribution >= 4 is 21.6 Å². The normalized spacial score (nSPS) is 10.8. The average Bonchev–Trinajstić information content (AvgIpc) is 2.46. The van der Waals surface area contributed by atoms with E-state index in [0.29, 0.717) is 11.0 Å². The van der Waals surface area contributed by atoms with E-state index in [9.17, 15) is 4.79 Å². The zero-order valence-electron chi connectivity index (χ0n) is 12.2. The summed E-state index contributed by atoms with van der Waals surface area (Å²) >= 11 is 3.33. The topological polar surface area (TPSA) is 50.2 Å². The van der Waals surface area contributed by atoms with E-state index in [1.807, 2.05) is 0 Å². The summed E-state index contributed by atoms with van der Waals surface area (Å²) in [7, 11) is 0. The fourth-order valence-electron chi connectivity index (χ4n) is 1.91. The quantitative estimate of drug-likeness (QED) is 0.552. The van der Waals surface area contributed by atoms with Crippen LogP contribution >= 0.6 is 15.9 Å². The Bertz CT molecular complexity index is 483. The molecule has 0 aliphatic heterocycles. The molecule has 1 heterocycles. The molecule has 5 nitrogen and oxygen atoms in total. The van der Waals surface area contributed by atoms with Crippen LogP contribution in [0.25, 0.3) is 0 Å². The van der Waals surface area contributed by atoms with Gasteiger partial charge in [0.2, 0.25) is 0 Å². The molecule has 0 amide bonds. The van der Waals surface area contributed by atoms with Crippen molar-refractivity contribution in [1.29, 1.82) is 0 Å². The Kier molecular flexibility index (Phi) is 7.54. The van der Waals surface area contributed by atoms with Gasteiger partial charge in [-0.1, -0.05) is 19.9 Å². The van der Waals surface area contributed by atoms with Crippen molar-refractivity contribution in [1.82, 2.24) is 14.7 Å². The molecule has 112 valence electrons. The van der Waals surface area contributed by atoms with Gasteiger partial charge in [0, 0.05) is 6.54 Å². The standard InChI is InChI=1S/C14H23BrN4O/c1-4-9-19-14(20)13(15)12(11-17-19)16-8-7-10-18(5-2)6-3/h4,11,16H,1,5-10H2,2-3H3. The van der Waals surface area contributed by atoms with Gasteiger partial charge in [0.15, 0.2) is 0 Å². The minimum Gasteiger partial charge on any atom is -0.383 e. The van der Waals surface area contributed by atoms with E-state index in [1.165, 1.54) is 4.68 Å². The summed E-state index contributed by atoms with van der Waals surface area (Å²) in [5, 5.41) is 7.36. The van der Waals surface area contributed by atoms with Crippen molar-refractivity contribution in [2.45, 2.75) is 26.8 Å². The predicted octanol–water partition coefficient (Wildman–Crippen LogP) is 2.34. The molecular formula is C14H23BrN4O. The van der Waals surface area contributed by atoms with Gasteiger partial charge in [0.1, 0.15) is 4.47 Å². The molecule has 0 saturated carbocycles. The zero-order chi connectivity index (χ0) is 15.0. The molecule has 0 fully saturated rings. The molecule has 6 heteroatoms. The van der Waals surface area contributed by atoms with Crippen molar-refractivity contribution in [3.8, 4) is 0 Å². The summed E-state index contributed by atoms with van der Waals surface area (Å²) in [6.45, 7) is 12.4. The Labute approximate surface area is 128 Å². The first-order valence-corrected chi connectivity index (χ1v) is 7.76. The van der Waals surface area contributed by atoms with E-state index in [-0.39, 0.29) is 5.56 Å². The molecule has 20 heavy (non-hydrogen) atoms. The predicted molar refractivity (Wildman–Crippen MR) is 87.3 cm³/mol. The molecule has 1 rings (SSSR count). The van der Waals surface area contributed by atoms with Crippen molar-refractivity contribution in [2.24, 2.45) is 0 Å². The second-order valence-corrected chi connectivity index (χ2v) is 5.25. The summed E-state index contributed by atoms with van der Waals surface area (Å²) in [5.41, 5.74) is 0.605. The third kappa shape index (κ3) is 4.76. The first-order valence-electron chi connectivity index (χ1n) is 6.96. The van der Waals surface area contributed by atoms with Gasteiger partial charge in [0.05, 0.1) is 18.4 Å². The molecule has 0 spiro atoms. The smallest absolute Gasteiger partial charge is 0.283 e. The molecule has 0 radical (unpaired) electrons. The Hall–Kier alpha value is -1.14. The lowest BCUT2D eigenvalue weighted by Gasteiger charge is -2.18. The van der Waals surface area contributed by atoms with Gasteiger partial charge in [-0.2, -0.15) is 5.10 Å². The fraction of sp³-hybridized carbons (Fsp3) is 0.571. The van der Waals surface area contributed by atoms with Crippen LogP contribution in [0.3, 0.4) is 0 Å². The maximum atomic E-state index is 12.0. The monoisotopic (exact) mass is 342 g/mol. The lowest BCUT2D eigenvalue weighted by Crippen LogP contribution is -2.26. The van der Waals surface area contributed by atoms with Crippen molar-refractivity contribution < 1.29 is 0 Å². The number of rotatable bonds is 9. The second kappa shape index (κ2) is 8.92. The van der Waals surface area contributed by atoms with Gasteiger partial charge in [-0.3, -0.25) is 4.79 Å². The number of hydrogen-bond acceptors (Lipinski definition) is 4. The molecule has 0 aliphatic carbocycles. The number of anilines is 1. The Balaban J connectivity index is 2.55. The van der Waals surface area contributed by atoms with E-state index in [0.717, 1.165) is 38.3 Å². The fourth-order valence-corrected chi connectivity index (χ4v) is 2.35. The maximum absolute atomic E-state index is 12.0. The van der Waals surface area contributed by atoms with Crippen LogP contribution in [0.15, 0.2) is 28.1 Å². The molecule has 0 aromatic carbocycles.